The SMILES string of the molecule is CC(C)(C)c1ccc(NC(=O)c2cc(Cl)cc(Br)c2)cc1. The molecule has 0 atom stereocenters. The van der Waals surface area contributed by atoms with Crippen molar-refractivity contribution in [3.05, 3.63) is 63.1 Å². The summed E-state index contributed by atoms with van der Waals surface area (Å²) in [6.07, 6.45) is 0. The largest absolute Gasteiger partial charge is 0.322 e. The standard InChI is InChI=1S/C17H17BrClNO/c1-17(2,3)12-4-6-15(7-5-12)20-16(21)11-8-13(18)10-14(19)9-11/h4-10H,1-3H3,(H,20,21). The third-order valence-electron chi connectivity index (χ3n) is 3.13. The Kier molecular flexibility index (Phi) is 4.74. The van der Waals surface area contributed by atoms with Crippen molar-refractivity contribution in [1.29, 1.82) is 0 Å². The van der Waals surface area contributed by atoms with Gasteiger partial charge in [-0.25, -0.2) is 0 Å². The molecule has 2 rings (SSSR count). The van der Waals surface area contributed by atoms with Crippen molar-refractivity contribution in [3.8, 4) is 0 Å². The van der Waals surface area contributed by atoms with Crippen LogP contribution in [0.2, 0.25) is 5.02 Å². The lowest BCUT2D eigenvalue weighted by molar-refractivity contribution is 0.102. The monoisotopic (exact) mass is 365 g/mol. The lowest BCUT2D eigenvalue weighted by Crippen LogP contribution is -2.13. The maximum Gasteiger partial charge on any atom is 0.255 e. The van der Waals surface area contributed by atoms with E-state index in [-0.39, 0.29) is 11.3 Å². The number of carbonyl (C=O) groups is 1. The molecular weight excluding hydrogens is 350 g/mol. The van der Waals surface area contributed by atoms with Gasteiger partial charge in [-0.05, 0) is 41.3 Å². The second-order valence-corrected chi connectivity index (χ2v) is 7.29. The zero-order valence-electron chi connectivity index (χ0n) is 12.2. The summed E-state index contributed by atoms with van der Waals surface area (Å²) in [4.78, 5) is 12.2. The highest BCUT2D eigenvalue weighted by Crippen LogP contribution is 2.24. The summed E-state index contributed by atoms with van der Waals surface area (Å²) in [5, 5.41) is 3.40. The Hall–Kier alpha value is -1.32. The van der Waals surface area contributed by atoms with Gasteiger partial charge in [0.25, 0.3) is 5.91 Å². The van der Waals surface area contributed by atoms with Crippen LogP contribution in [0.5, 0.6) is 0 Å². The quantitative estimate of drug-likeness (QED) is 0.731. The molecule has 2 aromatic rings. The number of anilines is 1. The highest BCUT2D eigenvalue weighted by molar-refractivity contribution is 9.10. The van der Waals surface area contributed by atoms with Crippen molar-refractivity contribution in [2.75, 3.05) is 5.32 Å². The maximum atomic E-state index is 12.2. The van der Waals surface area contributed by atoms with Crippen molar-refractivity contribution in [3.63, 3.8) is 0 Å². The first-order valence-corrected chi connectivity index (χ1v) is 7.81. The summed E-state index contributed by atoms with van der Waals surface area (Å²) >= 11 is 9.29. The van der Waals surface area contributed by atoms with E-state index in [1.807, 2.05) is 24.3 Å². The second kappa shape index (κ2) is 6.20. The minimum Gasteiger partial charge on any atom is -0.322 e. The van der Waals surface area contributed by atoms with Crippen molar-refractivity contribution >= 4 is 39.1 Å². The number of carbonyl (C=O) groups excluding carboxylic acids is 1. The van der Waals surface area contributed by atoms with Crippen LogP contribution < -0.4 is 5.32 Å². The van der Waals surface area contributed by atoms with E-state index in [0.717, 1.165) is 10.2 Å². The van der Waals surface area contributed by atoms with Gasteiger partial charge in [0, 0.05) is 20.7 Å². The minimum atomic E-state index is -0.179. The van der Waals surface area contributed by atoms with E-state index in [1.54, 1.807) is 18.2 Å². The fourth-order valence-electron chi connectivity index (χ4n) is 1.94. The van der Waals surface area contributed by atoms with Crippen LogP contribution in [0.15, 0.2) is 46.9 Å². The summed E-state index contributed by atoms with van der Waals surface area (Å²) in [6.45, 7) is 6.47. The van der Waals surface area contributed by atoms with Gasteiger partial charge in [-0.3, -0.25) is 4.79 Å². The van der Waals surface area contributed by atoms with Crippen LogP contribution in [0.4, 0.5) is 5.69 Å². The van der Waals surface area contributed by atoms with Gasteiger partial charge >= 0.3 is 0 Å². The molecule has 0 saturated carbocycles. The van der Waals surface area contributed by atoms with Gasteiger partial charge in [0.1, 0.15) is 0 Å². The topological polar surface area (TPSA) is 29.1 Å². The van der Waals surface area contributed by atoms with Crippen LogP contribution >= 0.6 is 27.5 Å². The Morgan fingerprint density at radius 3 is 2.24 bits per heavy atom. The third-order valence-corrected chi connectivity index (χ3v) is 3.81. The van der Waals surface area contributed by atoms with Crippen molar-refractivity contribution in [1.82, 2.24) is 0 Å². The lowest BCUT2D eigenvalue weighted by atomic mass is 9.87. The Morgan fingerprint density at radius 2 is 1.71 bits per heavy atom. The van der Waals surface area contributed by atoms with Gasteiger partial charge in [0.2, 0.25) is 0 Å². The molecule has 0 bridgehead atoms. The molecule has 0 fully saturated rings. The van der Waals surface area contributed by atoms with Crippen LogP contribution in [-0.4, -0.2) is 5.91 Å². The molecule has 2 nitrogen and oxygen atoms in total. The normalized spacial score (nSPS) is 11.3. The minimum absolute atomic E-state index is 0.0976. The molecule has 0 heterocycles. The smallest absolute Gasteiger partial charge is 0.255 e. The van der Waals surface area contributed by atoms with Crippen LogP contribution in [0.3, 0.4) is 0 Å². The van der Waals surface area contributed by atoms with Gasteiger partial charge in [-0.15, -0.1) is 0 Å². The first kappa shape index (κ1) is 16.1. The second-order valence-electron chi connectivity index (χ2n) is 5.94. The Balaban J connectivity index is 2.16. The summed E-state index contributed by atoms with van der Waals surface area (Å²) in [5.41, 5.74) is 2.62. The average molecular weight is 367 g/mol. The van der Waals surface area contributed by atoms with Crippen LogP contribution in [0.1, 0.15) is 36.7 Å². The van der Waals surface area contributed by atoms with E-state index >= 15 is 0 Å². The van der Waals surface area contributed by atoms with Gasteiger partial charge in [0.15, 0.2) is 0 Å². The Labute approximate surface area is 138 Å². The number of nitrogens with one attached hydrogen (secondary N) is 1. The molecule has 110 valence electrons. The summed E-state index contributed by atoms with van der Waals surface area (Å²) in [7, 11) is 0. The molecule has 0 aliphatic heterocycles. The molecule has 0 aliphatic carbocycles. The fourth-order valence-corrected chi connectivity index (χ4v) is 2.80. The number of amides is 1. The van der Waals surface area contributed by atoms with E-state index < -0.39 is 0 Å². The highest BCUT2D eigenvalue weighted by atomic mass is 79.9. The van der Waals surface area contributed by atoms with Crippen LogP contribution in [0, 0.1) is 0 Å². The zero-order valence-corrected chi connectivity index (χ0v) is 14.5. The van der Waals surface area contributed by atoms with Gasteiger partial charge in [0.05, 0.1) is 0 Å². The number of hydrogen-bond acceptors (Lipinski definition) is 1. The molecule has 0 radical (unpaired) electrons. The van der Waals surface area contributed by atoms with Gasteiger partial charge < -0.3 is 5.32 Å². The molecule has 0 spiro atoms. The third kappa shape index (κ3) is 4.32. The molecule has 0 saturated heterocycles. The van der Waals surface area contributed by atoms with E-state index in [9.17, 15) is 4.79 Å². The van der Waals surface area contributed by atoms with Crippen molar-refractivity contribution in [2.24, 2.45) is 0 Å². The van der Waals surface area contributed by atoms with E-state index in [0.29, 0.717) is 10.6 Å². The molecule has 0 aliphatic rings. The molecule has 0 unspecified atom stereocenters. The first-order valence-electron chi connectivity index (χ1n) is 6.64. The lowest BCUT2D eigenvalue weighted by Gasteiger charge is -2.19. The summed E-state index contributed by atoms with van der Waals surface area (Å²) in [5.74, 6) is -0.179. The highest BCUT2D eigenvalue weighted by Gasteiger charge is 2.13. The predicted octanol–water partition coefficient (Wildman–Crippen LogP) is 5.65. The average Bonchev–Trinajstić information content (AvgIpc) is 2.37. The fraction of sp³-hybridized carbons (Fsp3) is 0.235. The van der Waals surface area contributed by atoms with Crippen molar-refractivity contribution in [2.45, 2.75) is 26.2 Å². The van der Waals surface area contributed by atoms with Crippen LogP contribution in [-0.2, 0) is 5.41 Å². The Morgan fingerprint density at radius 1 is 1.10 bits per heavy atom. The summed E-state index contributed by atoms with van der Waals surface area (Å²) < 4.78 is 0.781. The van der Waals surface area contributed by atoms with Crippen LogP contribution in [0.25, 0.3) is 0 Å². The first-order chi connectivity index (χ1) is 9.75. The maximum absolute atomic E-state index is 12.2. The Bertz CT molecular complexity index is 639. The van der Waals surface area contributed by atoms with E-state index in [2.05, 4.69) is 42.0 Å². The molecule has 4 heteroatoms. The summed E-state index contributed by atoms with van der Waals surface area (Å²) in [6, 6.07) is 13.0. The van der Waals surface area contributed by atoms with Gasteiger partial charge in [-0.2, -0.15) is 0 Å². The molecule has 1 amide bonds. The molecule has 0 aromatic heterocycles. The van der Waals surface area contributed by atoms with E-state index in [4.69, 9.17) is 11.6 Å². The number of halogens is 2. The molecular formula is C17H17BrClNO. The van der Waals surface area contributed by atoms with E-state index in [1.165, 1.54) is 5.56 Å². The number of hydrogen-bond donors (Lipinski definition) is 1. The molecule has 1 N–H and O–H groups in total. The number of rotatable bonds is 2. The predicted molar refractivity (Wildman–Crippen MR) is 92.2 cm³/mol. The van der Waals surface area contributed by atoms with Crippen molar-refractivity contribution < 1.29 is 4.79 Å². The molecule has 21 heavy (non-hydrogen) atoms. The molecule has 2 aromatic carbocycles. The zero-order chi connectivity index (χ0) is 15.6. The van der Waals surface area contributed by atoms with Gasteiger partial charge in [-0.1, -0.05) is 60.4 Å². The number of benzene rings is 2.